The summed E-state index contributed by atoms with van der Waals surface area (Å²) in [5.41, 5.74) is 2.63. The average molecular weight is 344 g/mol. The van der Waals surface area contributed by atoms with Crippen LogP contribution in [0.25, 0.3) is 0 Å². The molecule has 0 radical (unpaired) electrons. The number of hydrogen-bond acceptors (Lipinski definition) is 2. The third-order valence-corrected chi connectivity index (χ3v) is 4.38. The molecule has 6 heteroatoms. The first-order valence-electron chi connectivity index (χ1n) is 7.02. The monoisotopic (exact) mass is 343 g/mol. The van der Waals surface area contributed by atoms with Crippen LogP contribution < -0.4 is 5.32 Å². The van der Waals surface area contributed by atoms with Crippen LogP contribution in [0.3, 0.4) is 0 Å². The van der Waals surface area contributed by atoms with Crippen LogP contribution in [-0.2, 0) is 0 Å². The topological polar surface area (TPSA) is 46.9 Å². The lowest BCUT2D eigenvalue weighted by Gasteiger charge is -2.21. The molecule has 1 aliphatic heterocycles. The van der Waals surface area contributed by atoms with Crippen molar-refractivity contribution in [2.75, 3.05) is 5.32 Å². The predicted molar refractivity (Wildman–Crippen MR) is 90.3 cm³/mol. The number of amides is 1. The maximum Gasteiger partial charge on any atom is 0.291 e. The minimum atomic E-state index is -0.241. The van der Waals surface area contributed by atoms with Gasteiger partial charge in [-0.25, -0.2) is 4.98 Å². The summed E-state index contributed by atoms with van der Waals surface area (Å²) in [7, 11) is 0. The molecule has 0 spiro atoms. The molecule has 4 rings (SSSR count). The Balaban J connectivity index is 2.00. The molecule has 0 saturated heterocycles. The van der Waals surface area contributed by atoms with E-state index in [1.807, 2.05) is 41.0 Å². The summed E-state index contributed by atoms with van der Waals surface area (Å²) in [5.74, 6) is 0.118. The van der Waals surface area contributed by atoms with E-state index in [1.165, 1.54) is 0 Å². The summed E-state index contributed by atoms with van der Waals surface area (Å²) in [4.78, 5) is 16.6. The Morgan fingerprint density at radius 1 is 1.04 bits per heavy atom. The van der Waals surface area contributed by atoms with Crippen molar-refractivity contribution >= 4 is 34.8 Å². The molecule has 1 aromatic heterocycles. The van der Waals surface area contributed by atoms with E-state index in [2.05, 4.69) is 10.3 Å². The van der Waals surface area contributed by atoms with Crippen LogP contribution in [0, 0.1) is 0 Å². The van der Waals surface area contributed by atoms with Gasteiger partial charge >= 0.3 is 0 Å². The largest absolute Gasteiger partial charge is 0.319 e. The lowest BCUT2D eigenvalue weighted by Crippen LogP contribution is -2.16. The summed E-state index contributed by atoms with van der Waals surface area (Å²) in [6.45, 7) is 0. The molecule has 1 unspecified atom stereocenters. The van der Waals surface area contributed by atoms with Gasteiger partial charge in [0.15, 0.2) is 5.82 Å². The number of carbonyl (C=O) groups excluding carboxylic acids is 1. The van der Waals surface area contributed by atoms with Crippen molar-refractivity contribution in [3.8, 4) is 0 Å². The Kier molecular flexibility index (Phi) is 3.36. The molecule has 1 aliphatic rings. The molecule has 1 amide bonds. The number of carbonyl (C=O) groups is 1. The number of imidazole rings is 1. The van der Waals surface area contributed by atoms with Gasteiger partial charge in [-0.1, -0.05) is 35.3 Å². The first-order valence-corrected chi connectivity index (χ1v) is 7.78. The van der Waals surface area contributed by atoms with Crippen molar-refractivity contribution in [1.82, 2.24) is 9.55 Å². The van der Waals surface area contributed by atoms with Gasteiger partial charge in [-0.15, -0.1) is 0 Å². The van der Waals surface area contributed by atoms with Crippen LogP contribution >= 0.6 is 23.2 Å². The van der Waals surface area contributed by atoms with Crippen LogP contribution in [0.2, 0.25) is 10.0 Å². The maximum absolute atomic E-state index is 12.4. The average Bonchev–Trinajstić information content (AvgIpc) is 2.97. The van der Waals surface area contributed by atoms with Gasteiger partial charge in [0.25, 0.3) is 5.91 Å². The summed E-state index contributed by atoms with van der Waals surface area (Å²) in [6, 6.07) is 12.8. The number of aromatic nitrogens is 2. The predicted octanol–water partition coefficient (Wildman–Crippen LogP) is 4.39. The minimum Gasteiger partial charge on any atom is -0.319 e. The van der Waals surface area contributed by atoms with Crippen molar-refractivity contribution in [3.05, 3.63) is 81.9 Å². The first-order chi connectivity index (χ1) is 11.1. The molecule has 2 heterocycles. The molecule has 23 heavy (non-hydrogen) atoms. The molecule has 0 saturated carbocycles. The molecular weight excluding hydrogens is 333 g/mol. The molecular formula is C17H11Cl2N3O. The van der Waals surface area contributed by atoms with Gasteiger partial charge in [0.05, 0.1) is 6.04 Å². The highest BCUT2D eigenvalue weighted by Gasteiger charge is 2.29. The van der Waals surface area contributed by atoms with Gasteiger partial charge in [0.1, 0.15) is 0 Å². The zero-order chi connectivity index (χ0) is 16.0. The van der Waals surface area contributed by atoms with Crippen molar-refractivity contribution < 1.29 is 4.79 Å². The van der Waals surface area contributed by atoms with Crippen molar-refractivity contribution in [2.24, 2.45) is 0 Å². The van der Waals surface area contributed by atoms with E-state index >= 15 is 0 Å². The van der Waals surface area contributed by atoms with E-state index in [4.69, 9.17) is 23.2 Å². The molecule has 2 aromatic carbocycles. The standard InChI is InChI=1S/C17H11Cl2N3O/c18-11-3-1-10(2-4-11)15-13-9-12(19)5-6-14(13)21-17(23)16-20-7-8-22(15)16/h1-9,15H,(H,21,23). The third kappa shape index (κ3) is 2.40. The fraction of sp³-hybridized carbons (Fsp3) is 0.0588. The number of fused-ring (bicyclic) bond motifs is 2. The van der Waals surface area contributed by atoms with Gasteiger partial charge in [0.2, 0.25) is 0 Å². The second-order valence-corrected chi connectivity index (χ2v) is 6.17. The van der Waals surface area contributed by atoms with Crippen LogP contribution in [0.1, 0.15) is 27.8 Å². The molecule has 1 atom stereocenters. The second kappa shape index (κ2) is 5.41. The van der Waals surface area contributed by atoms with E-state index < -0.39 is 0 Å². The van der Waals surface area contributed by atoms with Crippen molar-refractivity contribution in [2.45, 2.75) is 6.04 Å². The Labute approximate surface area is 142 Å². The second-order valence-electron chi connectivity index (χ2n) is 5.30. The maximum atomic E-state index is 12.4. The summed E-state index contributed by atoms with van der Waals surface area (Å²) < 4.78 is 1.85. The number of anilines is 1. The van der Waals surface area contributed by atoms with Crippen molar-refractivity contribution in [1.29, 1.82) is 0 Å². The highest BCUT2D eigenvalue weighted by Crippen LogP contribution is 2.37. The Morgan fingerprint density at radius 2 is 1.78 bits per heavy atom. The minimum absolute atomic E-state index is 0.211. The fourth-order valence-electron chi connectivity index (χ4n) is 2.88. The Morgan fingerprint density at radius 3 is 2.57 bits per heavy atom. The first kappa shape index (κ1) is 14.3. The van der Waals surface area contributed by atoms with E-state index in [0.717, 1.165) is 16.8 Å². The van der Waals surface area contributed by atoms with E-state index in [0.29, 0.717) is 15.9 Å². The van der Waals surface area contributed by atoms with Crippen LogP contribution in [0.4, 0.5) is 5.69 Å². The van der Waals surface area contributed by atoms with Crippen LogP contribution in [-0.4, -0.2) is 15.5 Å². The van der Waals surface area contributed by atoms with Gasteiger partial charge in [0, 0.05) is 33.7 Å². The molecule has 3 aromatic rings. The molecule has 4 nitrogen and oxygen atoms in total. The highest BCUT2D eigenvalue weighted by molar-refractivity contribution is 6.31. The van der Waals surface area contributed by atoms with Crippen LogP contribution in [0.5, 0.6) is 0 Å². The molecule has 0 aliphatic carbocycles. The smallest absolute Gasteiger partial charge is 0.291 e. The number of halogens is 2. The number of nitrogens with zero attached hydrogens (tertiary/aromatic N) is 2. The molecule has 1 N–H and O–H groups in total. The zero-order valence-corrected chi connectivity index (χ0v) is 13.3. The van der Waals surface area contributed by atoms with Gasteiger partial charge in [-0.2, -0.15) is 0 Å². The fourth-order valence-corrected chi connectivity index (χ4v) is 3.19. The lowest BCUT2D eigenvalue weighted by molar-refractivity contribution is 0.101. The number of nitrogens with one attached hydrogen (secondary N) is 1. The lowest BCUT2D eigenvalue weighted by atomic mass is 9.97. The zero-order valence-electron chi connectivity index (χ0n) is 11.8. The van der Waals surface area contributed by atoms with Crippen LogP contribution in [0.15, 0.2) is 54.9 Å². The van der Waals surface area contributed by atoms with Gasteiger partial charge < -0.3 is 9.88 Å². The number of hydrogen-bond donors (Lipinski definition) is 1. The molecule has 0 fully saturated rings. The number of rotatable bonds is 1. The SMILES string of the molecule is O=C1Nc2ccc(Cl)cc2C(c2ccc(Cl)cc2)n2ccnc21. The van der Waals surface area contributed by atoms with Gasteiger partial charge in [-0.05, 0) is 35.9 Å². The van der Waals surface area contributed by atoms with E-state index in [-0.39, 0.29) is 11.9 Å². The summed E-state index contributed by atoms with van der Waals surface area (Å²) in [6.07, 6.45) is 3.41. The quantitative estimate of drug-likeness (QED) is 0.712. The van der Waals surface area contributed by atoms with Crippen molar-refractivity contribution in [3.63, 3.8) is 0 Å². The highest BCUT2D eigenvalue weighted by atomic mass is 35.5. The summed E-state index contributed by atoms with van der Waals surface area (Å²) in [5, 5.41) is 4.17. The number of benzene rings is 2. The Bertz CT molecular complexity index is 902. The Hall–Kier alpha value is -2.30. The molecule has 0 bridgehead atoms. The van der Waals surface area contributed by atoms with E-state index in [1.54, 1.807) is 18.5 Å². The van der Waals surface area contributed by atoms with Gasteiger partial charge in [-0.3, -0.25) is 4.79 Å². The normalized spacial score (nSPS) is 16.3. The molecule has 114 valence electrons. The van der Waals surface area contributed by atoms with E-state index in [9.17, 15) is 4.79 Å². The third-order valence-electron chi connectivity index (χ3n) is 3.89. The summed E-state index contributed by atoms with van der Waals surface area (Å²) >= 11 is 12.2.